The van der Waals surface area contributed by atoms with E-state index in [4.69, 9.17) is 10.3 Å². The fraction of sp³-hybridized carbons (Fsp3) is 0.435. The predicted molar refractivity (Wildman–Crippen MR) is 114 cm³/mol. The molecule has 0 spiro atoms. The quantitative estimate of drug-likeness (QED) is 0.698. The lowest BCUT2D eigenvalue weighted by Crippen LogP contribution is -2.41. The van der Waals surface area contributed by atoms with Crippen molar-refractivity contribution in [2.45, 2.75) is 51.5 Å². The van der Waals surface area contributed by atoms with Gasteiger partial charge < -0.3 is 15.2 Å². The first kappa shape index (κ1) is 21.9. The maximum Gasteiger partial charge on any atom is 0.230 e. The van der Waals surface area contributed by atoms with Gasteiger partial charge in [0.1, 0.15) is 5.82 Å². The highest BCUT2D eigenvalue weighted by Crippen LogP contribution is 2.28. The van der Waals surface area contributed by atoms with Crippen molar-refractivity contribution in [1.82, 2.24) is 15.0 Å². The molecule has 0 aliphatic carbocycles. The number of hydrogen-bond acceptors (Lipinski definition) is 5. The van der Waals surface area contributed by atoms with E-state index in [1.807, 2.05) is 37.0 Å². The van der Waals surface area contributed by atoms with E-state index in [2.05, 4.69) is 10.1 Å². The SMILES string of the molecule is C/C=C\C(=C/C)c1noc(C2CCN(C(=O)C[C@H](N)Cc3ccccc3F)CC2)n1. The molecule has 0 saturated carbocycles. The van der Waals surface area contributed by atoms with Crippen LogP contribution in [0.3, 0.4) is 0 Å². The molecule has 1 aromatic heterocycles. The fourth-order valence-corrected chi connectivity index (χ4v) is 3.75. The summed E-state index contributed by atoms with van der Waals surface area (Å²) in [4.78, 5) is 19.0. The molecule has 1 aliphatic heterocycles. The average Bonchev–Trinajstić information content (AvgIpc) is 3.23. The van der Waals surface area contributed by atoms with Crippen LogP contribution in [0.15, 0.2) is 47.0 Å². The molecule has 0 bridgehead atoms. The molecule has 1 aliphatic rings. The van der Waals surface area contributed by atoms with E-state index < -0.39 is 6.04 Å². The number of carbonyl (C=O) groups excluding carboxylic acids is 1. The van der Waals surface area contributed by atoms with Crippen molar-refractivity contribution in [3.8, 4) is 0 Å². The lowest BCUT2D eigenvalue weighted by Gasteiger charge is -2.31. The zero-order chi connectivity index (χ0) is 21.5. The first-order valence-electron chi connectivity index (χ1n) is 10.4. The van der Waals surface area contributed by atoms with E-state index >= 15 is 0 Å². The third kappa shape index (κ3) is 5.42. The summed E-state index contributed by atoms with van der Waals surface area (Å²) in [7, 11) is 0. The Morgan fingerprint density at radius 3 is 2.73 bits per heavy atom. The first-order valence-corrected chi connectivity index (χ1v) is 10.4. The van der Waals surface area contributed by atoms with Crippen molar-refractivity contribution in [1.29, 1.82) is 0 Å². The Hall–Kier alpha value is -2.80. The number of rotatable bonds is 7. The summed E-state index contributed by atoms with van der Waals surface area (Å²) < 4.78 is 19.3. The molecule has 7 heteroatoms. The van der Waals surface area contributed by atoms with E-state index in [1.54, 1.807) is 18.2 Å². The highest BCUT2D eigenvalue weighted by atomic mass is 19.1. The molecule has 1 saturated heterocycles. The smallest absolute Gasteiger partial charge is 0.230 e. The van der Waals surface area contributed by atoms with Crippen LogP contribution in [-0.2, 0) is 11.2 Å². The van der Waals surface area contributed by atoms with Gasteiger partial charge >= 0.3 is 0 Å². The Morgan fingerprint density at radius 1 is 1.33 bits per heavy atom. The normalized spacial score (nSPS) is 16.9. The lowest BCUT2D eigenvalue weighted by atomic mass is 9.96. The Kier molecular flexibility index (Phi) is 7.52. The Balaban J connectivity index is 1.51. The molecule has 6 nitrogen and oxygen atoms in total. The maximum atomic E-state index is 13.8. The van der Waals surface area contributed by atoms with Crippen LogP contribution in [0.4, 0.5) is 4.39 Å². The average molecular weight is 413 g/mol. The van der Waals surface area contributed by atoms with Gasteiger partial charge in [0.25, 0.3) is 0 Å². The molecular weight excluding hydrogens is 383 g/mol. The molecule has 3 rings (SSSR count). The van der Waals surface area contributed by atoms with E-state index in [9.17, 15) is 9.18 Å². The van der Waals surface area contributed by atoms with Gasteiger partial charge in [0.15, 0.2) is 0 Å². The van der Waals surface area contributed by atoms with Crippen LogP contribution in [-0.4, -0.2) is 40.1 Å². The van der Waals surface area contributed by atoms with Gasteiger partial charge in [-0.2, -0.15) is 4.98 Å². The van der Waals surface area contributed by atoms with E-state index in [-0.39, 0.29) is 24.1 Å². The molecular formula is C23H29FN4O2. The van der Waals surface area contributed by atoms with Gasteiger partial charge in [-0.25, -0.2) is 4.39 Å². The number of nitrogens with zero attached hydrogens (tertiary/aromatic N) is 3. The van der Waals surface area contributed by atoms with E-state index in [0.717, 1.165) is 18.4 Å². The zero-order valence-electron chi connectivity index (χ0n) is 17.6. The minimum absolute atomic E-state index is 0.00722. The molecule has 1 atom stereocenters. The summed E-state index contributed by atoms with van der Waals surface area (Å²) in [5.74, 6) is 1.08. The Bertz CT molecular complexity index is 913. The fourth-order valence-electron chi connectivity index (χ4n) is 3.75. The van der Waals surface area contributed by atoms with Crippen LogP contribution in [0.5, 0.6) is 0 Å². The number of allylic oxidation sites excluding steroid dienone is 4. The van der Waals surface area contributed by atoms with Crippen molar-refractivity contribution in [3.05, 3.63) is 65.6 Å². The van der Waals surface area contributed by atoms with Crippen LogP contribution in [0.2, 0.25) is 0 Å². The lowest BCUT2D eigenvalue weighted by molar-refractivity contribution is -0.132. The molecule has 0 unspecified atom stereocenters. The predicted octanol–water partition coefficient (Wildman–Crippen LogP) is 3.85. The van der Waals surface area contributed by atoms with Crippen LogP contribution in [0.1, 0.15) is 56.3 Å². The minimum Gasteiger partial charge on any atom is -0.343 e. The molecule has 0 radical (unpaired) electrons. The minimum atomic E-state index is -0.406. The van der Waals surface area contributed by atoms with Gasteiger partial charge in [-0.15, -0.1) is 0 Å². The highest BCUT2D eigenvalue weighted by molar-refractivity contribution is 5.77. The number of amides is 1. The molecule has 1 amide bonds. The monoisotopic (exact) mass is 412 g/mol. The zero-order valence-corrected chi connectivity index (χ0v) is 17.6. The number of piperidine rings is 1. The summed E-state index contributed by atoms with van der Waals surface area (Å²) in [6.07, 6.45) is 7.92. The standard InChI is InChI=1S/C23H29FN4O2/c1-3-7-16(4-2)22-26-23(30-27-22)17-10-12-28(13-11-17)21(29)15-19(25)14-18-8-5-6-9-20(18)24/h3-9,17,19H,10-15,25H2,1-2H3/b7-3-,16-4+/t19-/m1/s1. The summed E-state index contributed by atoms with van der Waals surface area (Å²) in [6.45, 7) is 5.13. The van der Waals surface area contributed by atoms with E-state index in [0.29, 0.717) is 36.8 Å². The van der Waals surface area contributed by atoms with Crippen molar-refractivity contribution < 1.29 is 13.7 Å². The number of likely N-dealkylation sites (tertiary alicyclic amines) is 1. The molecule has 160 valence electrons. The number of carbonyl (C=O) groups is 1. The van der Waals surface area contributed by atoms with Gasteiger partial charge in [0.2, 0.25) is 17.6 Å². The Labute approximate surface area is 176 Å². The molecule has 2 aromatic rings. The second-order valence-corrected chi connectivity index (χ2v) is 7.62. The van der Waals surface area contributed by atoms with Crippen molar-refractivity contribution >= 4 is 11.5 Å². The van der Waals surface area contributed by atoms with Crippen LogP contribution in [0, 0.1) is 5.82 Å². The first-order chi connectivity index (χ1) is 14.5. The van der Waals surface area contributed by atoms with Gasteiger partial charge in [0, 0.05) is 37.0 Å². The second-order valence-electron chi connectivity index (χ2n) is 7.62. The van der Waals surface area contributed by atoms with Gasteiger partial charge in [0.05, 0.1) is 0 Å². The van der Waals surface area contributed by atoms with Crippen LogP contribution in [0.25, 0.3) is 5.57 Å². The number of hydrogen-bond donors (Lipinski definition) is 1. The highest BCUT2D eigenvalue weighted by Gasteiger charge is 2.28. The number of benzene rings is 1. The Morgan fingerprint density at radius 2 is 2.07 bits per heavy atom. The van der Waals surface area contributed by atoms with Crippen molar-refractivity contribution in [2.75, 3.05) is 13.1 Å². The van der Waals surface area contributed by atoms with Gasteiger partial charge in [-0.3, -0.25) is 4.79 Å². The van der Waals surface area contributed by atoms with Crippen molar-refractivity contribution in [3.63, 3.8) is 0 Å². The summed E-state index contributed by atoms with van der Waals surface area (Å²) in [6, 6.07) is 6.13. The van der Waals surface area contributed by atoms with Crippen LogP contribution < -0.4 is 5.73 Å². The molecule has 1 fully saturated rings. The summed E-state index contributed by atoms with van der Waals surface area (Å²) in [5, 5.41) is 4.09. The largest absolute Gasteiger partial charge is 0.343 e. The molecule has 1 aromatic carbocycles. The topological polar surface area (TPSA) is 85.2 Å². The summed E-state index contributed by atoms with van der Waals surface area (Å²) >= 11 is 0. The third-order valence-electron chi connectivity index (χ3n) is 5.43. The second kappa shape index (κ2) is 10.3. The molecule has 2 heterocycles. The summed E-state index contributed by atoms with van der Waals surface area (Å²) in [5.41, 5.74) is 7.58. The number of halogens is 1. The van der Waals surface area contributed by atoms with Gasteiger partial charge in [-0.1, -0.05) is 41.6 Å². The molecule has 30 heavy (non-hydrogen) atoms. The van der Waals surface area contributed by atoms with Crippen LogP contribution >= 0.6 is 0 Å². The van der Waals surface area contributed by atoms with E-state index in [1.165, 1.54) is 6.07 Å². The molecule has 2 N–H and O–H groups in total. The maximum absolute atomic E-state index is 13.8. The van der Waals surface area contributed by atoms with Crippen molar-refractivity contribution in [2.24, 2.45) is 5.73 Å². The number of nitrogens with two attached hydrogens (primary N) is 1. The van der Waals surface area contributed by atoms with Gasteiger partial charge in [-0.05, 0) is 44.7 Å². The third-order valence-corrected chi connectivity index (χ3v) is 5.43. The number of aromatic nitrogens is 2.